The topological polar surface area (TPSA) is 6.48 Å². The van der Waals surface area contributed by atoms with Gasteiger partial charge in [-0.15, -0.1) is 0 Å². The number of hydrogen-bond acceptors (Lipinski definition) is 2. The van der Waals surface area contributed by atoms with E-state index >= 15 is 0 Å². The molecule has 3 heterocycles. The highest BCUT2D eigenvalue weighted by molar-refractivity contribution is 7.22. The van der Waals surface area contributed by atoms with E-state index in [9.17, 15) is 0 Å². The molecule has 0 spiro atoms. The van der Waals surface area contributed by atoms with Gasteiger partial charge in [0.2, 0.25) is 26.9 Å². The Morgan fingerprint density at radius 1 is 0.176 bits per heavy atom. The first-order valence-corrected chi connectivity index (χ1v) is 26.1. The zero-order valence-electron chi connectivity index (χ0n) is 40.8. The Labute approximate surface area is 434 Å². The van der Waals surface area contributed by atoms with Crippen LogP contribution in [0.3, 0.4) is 0 Å². The Kier molecular flexibility index (Phi) is 10.0. The standard InChI is InChI=1S/C68H46B4N2/c1-5-23-47(24-6-1)73(48-25-7-2-8-26-48)65-45-19-31-51-53(65)33-17-39-55(51)69-57-35-13-15-37-59(57)71-64-44-22-42-62-68(64)72(63-43-21-41-61(69)67(63)71)60-38-16-14-36-58(60)70(62)56-40-18-34-54-52(56)32-20-46-66(54)74(49-27-9-3-10-28-49)50-29-11-4-12-30-50/h1-46H. The van der Waals surface area contributed by atoms with E-state index in [1.54, 1.807) is 0 Å². The van der Waals surface area contributed by atoms with Crippen LogP contribution in [0.1, 0.15) is 0 Å². The van der Waals surface area contributed by atoms with Crippen LogP contribution < -0.4 is 75.4 Å². The molecule has 0 fully saturated rings. The van der Waals surface area contributed by atoms with Crippen LogP contribution in [0.5, 0.6) is 0 Å². The molecule has 6 heteroatoms. The minimum Gasteiger partial charge on any atom is -0.310 e. The molecule has 74 heavy (non-hydrogen) atoms. The second kappa shape index (κ2) is 17.4. The van der Waals surface area contributed by atoms with Crippen LogP contribution in [0, 0.1) is 0 Å². The van der Waals surface area contributed by atoms with Gasteiger partial charge in [-0.05, 0) is 71.4 Å². The Balaban J connectivity index is 0.919. The molecule has 0 N–H and O–H groups in total. The maximum Gasteiger partial charge on any atom is 0.240 e. The van der Waals surface area contributed by atoms with Gasteiger partial charge in [0.1, 0.15) is 0 Å². The second-order valence-corrected chi connectivity index (χ2v) is 20.1. The number of anilines is 6. The summed E-state index contributed by atoms with van der Waals surface area (Å²) in [6, 6.07) is 104. The number of benzene rings is 12. The smallest absolute Gasteiger partial charge is 0.240 e. The maximum absolute atomic E-state index is 2.46. The summed E-state index contributed by atoms with van der Waals surface area (Å²) in [5, 5.41) is 5.02. The molecule has 0 unspecified atom stereocenters. The summed E-state index contributed by atoms with van der Waals surface area (Å²) < 4.78 is 0. The van der Waals surface area contributed by atoms with Crippen LogP contribution in [0.4, 0.5) is 34.1 Å². The van der Waals surface area contributed by atoms with E-state index in [1.807, 2.05) is 0 Å². The Morgan fingerprint density at radius 2 is 0.419 bits per heavy atom. The van der Waals surface area contributed by atoms with Crippen molar-refractivity contribution in [2.75, 3.05) is 9.80 Å². The van der Waals surface area contributed by atoms with Crippen molar-refractivity contribution in [3.05, 3.63) is 279 Å². The summed E-state index contributed by atoms with van der Waals surface area (Å²) in [6.07, 6.45) is 0. The highest BCUT2D eigenvalue weighted by Crippen LogP contribution is 2.40. The van der Waals surface area contributed by atoms with Crippen LogP contribution >= 0.6 is 0 Å². The van der Waals surface area contributed by atoms with Crippen LogP contribution in [0.15, 0.2) is 279 Å². The molecule has 0 saturated carbocycles. The van der Waals surface area contributed by atoms with Gasteiger partial charge in [0.15, 0.2) is 0 Å². The molecule has 2 nitrogen and oxygen atoms in total. The SMILES string of the molecule is c1ccc(N(c2ccccc2)c2cccc3c(B4c5ccccc5B5c6cccc7c6B(c6ccccc6B7c6cccc7c(N(c8ccccc8)c8ccccc8)cccc67)c6cccc4c65)cccc23)cc1. The number of rotatable bonds is 8. The van der Waals surface area contributed by atoms with Crippen LogP contribution in [0.2, 0.25) is 0 Å². The largest absolute Gasteiger partial charge is 0.310 e. The molecule has 0 aliphatic carbocycles. The Morgan fingerprint density at radius 3 is 0.770 bits per heavy atom. The lowest BCUT2D eigenvalue weighted by atomic mass is 9.11. The van der Waals surface area contributed by atoms with Gasteiger partial charge in [0.05, 0.1) is 11.4 Å². The maximum atomic E-state index is 2.46. The van der Waals surface area contributed by atoms with Crippen molar-refractivity contribution in [2.45, 2.75) is 0 Å². The summed E-state index contributed by atoms with van der Waals surface area (Å²) >= 11 is 0. The van der Waals surface area contributed by atoms with Gasteiger partial charge < -0.3 is 9.80 Å². The van der Waals surface area contributed by atoms with Gasteiger partial charge in [-0.1, -0.05) is 284 Å². The van der Waals surface area contributed by atoms with Gasteiger partial charge in [0, 0.05) is 33.5 Å². The van der Waals surface area contributed by atoms with Gasteiger partial charge in [-0.25, -0.2) is 0 Å². The van der Waals surface area contributed by atoms with E-state index in [0.717, 1.165) is 22.7 Å². The van der Waals surface area contributed by atoms with Crippen molar-refractivity contribution in [2.24, 2.45) is 0 Å². The summed E-state index contributed by atoms with van der Waals surface area (Å²) in [7, 11) is 0. The molecule has 12 aromatic rings. The first-order valence-electron chi connectivity index (χ1n) is 26.1. The lowest BCUT2D eigenvalue weighted by Crippen LogP contribution is -2.89. The fourth-order valence-corrected chi connectivity index (χ4v) is 13.6. The molecule has 0 aromatic heterocycles. The van der Waals surface area contributed by atoms with Crippen LogP contribution in [-0.4, -0.2) is 26.9 Å². The molecular formula is C68H46B4N2. The molecule has 340 valence electrons. The van der Waals surface area contributed by atoms with E-state index in [4.69, 9.17) is 0 Å². The molecule has 15 rings (SSSR count). The predicted molar refractivity (Wildman–Crippen MR) is 322 cm³/mol. The fourth-order valence-electron chi connectivity index (χ4n) is 13.6. The van der Waals surface area contributed by atoms with Crippen molar-refractivity contribution in [1.29, 1.82) is 0 Å². The third-order valence-electron chi connectivity index (χ3n) is 16.4. The molecule has 3 aliphatic rings. The van der Waals surface area contributed by atoms with Crippen LogP contribution in [-0.2, 0) is 0 Å². The average molecular weight is 934 g/mol. The van der Waals surface area contributed by atoms with Crippen molar-refractivity contribution in [1.82, 2.24) is 0 Å². The zero-order chi connectivity index (χ0) is 48.7. The van der Waals surface area contributed by atoms with Crippen molar-refractivity contribution in [3.63, 3.8) is 0 Å². The molecule has 0 radical (unpaired) electrons. The Bertz CT molecular complexity index is 3780. The van der Waals surface area contributed by atoms with E-state index in [2.05, 4.69) is 289 Å². The summed E-state index contributed by atoms with van der Waals surface area (Å²) in [5.41, 5.74) is 23.7. The van der Waals surface area contributed by atoms with Gasteiger partial charge in [-0.2, -0.15) is 0 Å². The predicted octanol–water partition coefficient (Wildman–Crippen LogP) is 7.94. The van der Waals surface area contributed by atoms with Crippen LogP contribution in [0.25, 0.3) is 21.5 Å². The molecule has 3 aliphatic heterocycles. The van der Waals surface area contributed by atoms with Crippen molar-refractivity contribution >= 4 is 148 Å². The number of nitrogens with zero attached hydrogens (tertiary/aromatic N) is 2. The first kappa shape index (κ1) is 42.7. The normalized spacial score (nSPS) is 12.8. The number of para-hydroxylation sites is 4. The zero-order valence-corrected chi connectivity index (χ0v) is 40.8. The molecule has 0 bridgehead atoms. The molecule has 0 saturated heterocycles. The molecule has 0 amide bonds. The third kappa shape index (κ3) is 6.51. The van der Waals surface area contributed by atoms with Crippen molar-refractivity contribution in [3.8, 4) is 0 Å². The monoisotopic (exact) mass is 934 g/mol. The number of fused-ring (bicyclic) bond motifs is 8. The van der Waals surface area contributed by atoms with E-state index in [1.165, 1.54) is 98.5 Å². The summed E-state index contributed by atoms with van der Waals surface area (Å²) in [4.78, 5) is 4.82. The molecule has 0 atom stereocenters. The summed E-state index contributed by atoms with van der Waals surface area (Å²) in [5.74, 6) is 0. The highest BCUT2D eigenvalue weighted by Gasteiger charge is 2.50. The molecule has 12 aromatic carbocycles. The molecular weight excluding hydrogens is 888 g/mol. The minimum atomic E-state index is 0.0331. The third-order valence-corrected chi connectivity index (χ3v) is 16.4. The second-order valence-electron chi connectivity index (χ2n) is 20.1. The average Bonchev–Trinajstić information content (AvgIpc) is 3.52. The van der Waals surface area contributed by atoms with Gasteiger partial charge in [0.25, 0.3) is 0 Å². The minimum absolute atomic E-state index is 0.0331. The van der Waals surface area contributed by atoms with E-state index in [-0.39, 0.29) is 26.9 Å². The van der Waals surface area contributed by atoms with Crippen molar-refractivity contribution < 1.29 is 0 Å². The van der Waals surface area contributed by atoms with Gasteiger partial charge in [-0.3, -0.25) is 0 Å². The lowest BCUT2D eigenvalue weighted by molar-refractivity contribution is 1.30. The van der Waals surface area contributed by atoms with E-state index in [0.29, 0.717) is 0 Å². The first-order chi connectivity index (χ1) is 36.8. The van der Waals surface area contributed by atoms with E-state index < -0.39 is 0 Å². The lowest BCUT2D eigenvalue weighted by Gasteiger charge is -2.43. The summed E-state index contributed by atoms with van der Waals surface area (Å²) in [6.45, 7) is 0.247. The van der Waals surface area contributed by atoms with Gasteiger partial charge >= 0.3 is 0 Å². The highest BCUT2D eigenvalue weighted by atomic mass is 15.1. The fraction of sp³-hybridized carbons (Fsp3) is 0. The quantitative estimate of drug-likeness (QED) is 0.143. The number of hydrogen-bond donors (Lipinski definition) is 0. The Hall–Kier alpha value is -8.98.